The van der Waals surface area contributed by atoms with Crippen molar-refractivity contribution in [1.29, 1.82) is 0 Å². The molecule has 0 unspecified atom stereocenters. The molecule has 1 aromatic rings. The molecule has 0 heterocycles. The second-order valence-corrected chi connectivity index (χ2v) is 8.39. The fourth-order valence-electron chi connectivity index (χ4n) is 3.19. The first-order valence-electron chi connectivity index (χ1n) is 11.8. The van der Waals surface area contributed by atoms with Gasteiger partial charge in [-0.1, -0.05) is 55.4 Å². The fourth-order valence-corrected chi connectivity index (χ4v) is 3.19. The number of carbonyl (C=O) groups is 1. The van der Waals surface area contributed by atoms with E-state index in [1.165, 1.54) is 49.7 Å². The summed E-state index contributed by atoms with van der Waals surface area (Å²) in [4.78, 5) is 12.2. The SMILES string of the molecule is C=CCCCCCCCCCOc1ccc(C(=O)OC/C=C(\C)CCC=C(C)C)cc1. The maximum absolute atomic E-state index is 12.2. The number of rotatable bonds is 17. The maximum atomic E-state index is 12.2. The molecule has 0 N–H and O–H groups in total. The zero-order valence-electron chi connectivity index (χ0n) is 20.0. The van der Waals surface area contributed by atoms with E-state index >= 15 is 0 Å². The van der Waals surface area contributed by atoms with Crippen LogP contribution >= 0.6 is 0 Å². The summed E-state index contributed by atoms with van der Waals surface area (Å²) in [5, 5.41) is 0. The van der Waals surface area contributed by atoms with Gasteiger partial charge in [0.15, 0.2) is 0 Å². The van der Waals surface area contributed by atoms with Crippen LogP contribution in [0.1, 0.15) is 95.3 Å². The highest BCUT2D eigenvalue weighted by atomic mass is 16.5. The molecule has 1 rings (SSSR count). The molecule has 3 nitrogen and oxygen atoms in total. The standard InChI is InChI=1S/C28H42O3/c1-5-6-7-8-9-10-11-12-13-22-30-27-19-17-26(18-20-27)28(29)31-23-21-25(4)16-14-15-24(2)3/h5,15,17-21H,1,6-14,16,22-23H2,2-4H3/b25-21+. The van der Waals surface area contributed by atoms with Gasteiger partial charge in [-0.05, 0) is 83.2 Å². The van der Waals surface area contributed by atoms with Crippen molar-refractivity contribution in [1.82, 2.24) is 0 Å². The lowest BCUT2D eigenvalue weighted by molar-refractivity contribution is 0.0549. The van der Waals surface area contributed by atoms with Crippen molar-refractivity contribution >= 4 is 5.97 Å². The van der Waals surface area contributed by atoms with Crippen molar-refractivity contribution in [3.63, 3.8) is 0 Å². The molecule has 0 aliphatic heterocycles. The average molecular weight is 427 g/mol. The quantitative estimate of drug-likeness (QED) is 0.143. The number of hydrogen-bond acceptors (Lipinski definition) is 3. The zero-order valence-corrected chi connectivity index (χ0v) is 20.0. The van der Waals surface area contributed by atoms with Crippen LogP contribution in [0, 0.1) is 0 Å². The van der Waals surface area contributed by atoms with Gasteiger partial charge in [0, 0.05) is 0 Å². The first kappa shape index (κ1) is 26.7. The molecular formula is C28H42O3. The molecule has 0 saturated carbocycles. The third kappa shape index (κ3) is 14.4. The van der Waals surface area contributed by atoms with Crippen LogP contribution in [0.15, 0.2) is 60.2 Å². The largest absolute Gasteiger partial charge is 0.494 e. The summed E-state index contributed by atoms with van der Waals surface area (Å²) in [6.07, 6.45) is 18.1. The zero-order chi connectivity index (χ0) is 22.7. The Labute approximate surface area is 190 Å². The van der Waals surface area contributed by atoms with Gasteiger partial charge in [0.05, 0.1) is 12.2 Å². The second-order valence-electron chi connectivity index (χ2n) is 8.39. The summed E-state index contributed by atoms with van der Waals surface area (Å²) in [6.45, 7) is 11.1. The van der Waals surface area contributed by atoms with Crippen molar-refractivity contribution in [3.8, 4) is 5.75 Å². The van der Waals surface area contributed by atoms with Gasteiger partial charge >= 0.3 is 5.97 Å². The lowest BCUT2D eigenvalue weighted by atomic mass is 10.1. The van der Waals surface area contributed by atoms with E-state index in [0.29, 0.717) is 12.2 Å². The summed E-state index contributed by atoms with van der Waals surface area (Å²) in [6, 6.07) is 7.23. The molecule has 0 aromatic heterocycles. The molecule has 0 spiro atoms. The molecule has 0 saturated heterocycles. The number of esters is 1. The van der Waals surface area contributed by atoms with E-state index in [9.17, 15) is 4.79 Å². The smallest absolute Gasteiger partial charge is 0.338 e. The van der Waals surface area contributed by atoms with E-state index in [0.717, 1.165) is 38.0 Å². The minimum Gasteiger partial charge on any atom is -0.494 e. The predicted octanol–water partition coefficient (Wildman–Crippen LogP) is 8.22. The van der Waals surface area contributed by atoms with Crippen molar-refractivity contribution in [3.05, 3.63) is 65.8 Å². The molecular weight excluding hydrogens is 384 g/mol. The predicted molar refractivity (Wildman–Crippen MR) is 132 cm³/mol. The average Bonchev–Trinajstić information content (AvgIpc) is 2.75. The van der Waals surface area contributed by atoms with Crippen molar-refractivity contribution < 1.29 is 14.3 Å². The molecule has 0 amide bonds. The Morgan fingerprint density at radius 3 is 2.16 bits per heavy atom. The third-order valence-corrected chi connectivity index (χ3v) is 5.15. The molecule has 1 aromatic carbocycles. The lowest BCUT2D eigenvalue weighted by Gasteiger charge is -2.07. The fraction of sp³-hybridized carbons (Fsp3) is 0.536. The molecule has 0 aliphatic rings. The van der Waals surface area contributed by atoms with Gasteiger partial charge in [0.2, 0.25) is 0 Å². The summed E-state index contributed by atoms with van der Waals surface area (Å²) >= 11 is 0. The highest BCUT2D eigenvalue weighted by Gasteiger charge is 2.06. The number of carbonyl (C=O) groups excluding carboxylic acids is 1. The van der Waals surface area contributed by atoms with Crippen LogP contribution in [0.3, 0.4) is 0 Å². The van der Waals surface area contributed by atoms with E-state index in [1.54, 1.807) is 12.1 Å². The monoisotopic (exact) mass is 426 g/mol. The van der Waals surface area contributed by atoms with Crippen LogP contribution in [0.5, 0.6) is 5.75 Å². The van der Waals surface area contributed by atoms with Gasteiger partial charge in [-0.15, -0.1) is 6.58 Å². The molecule has 0 fully saturated rings. The molecule has 0 bridgehead atoms. The highest BCUT2D eigenvalue weighted by molar-refractivity contribution is 5.89. The van der Waals surface area contributed by atoms with Gasteiger partial charge in [-0.3, -0.25) is 0 Å². The normalized spacial score (nSPS) is 11.1. The molecule has 31 heavy (non-hydrogen) atoms. The van der Waals surface area contributed by atoms with E-state index in [2.05, 4.69) is 33.4 Å². The minimum atomic E-state index is -0.298. The van der Waals surface area contributed by atoms with Gasteiger partial charge in [-0.2, -0.15) is 0 Å². The number of allylic oxidation sites excluding steroid dienone is 4. The summed E-state index contributed by atoms with van der Waals surface area (Å²) in [5.74, 6) is 0.504. The molecule has 0 radical (unpaired) electrons. The summed E-state index contributed by atoms with van der Waals surface area (Å²) in [7, 11) is 0. The molecule has 3 heteroatoms. The molecule has 172 valence electrons. The van der Waals surface area contributed by atoms with E-state index in [1.807, 2.05) is 24.3 Å². The van der Waals surface area contributed by atoms with E-state index in [4.69, 9.17) is 9.47 Å². The summed E-state index contributed by atoms with van der Waals surface area (Å²) in [5.41, 5.74) is 3.12. The van der Waals surface area contributed by atoms with Crippen molar-refractivity contribution in [2.75, 3.05) is 13.2 Å². The van der Waals surface area contributed by atoms with Gasteiger partial charge < -0.3 is 9.47 Å². The van der Waals surface area contributed by atoms with E-state index < -0.39 is 0 Å². The van der Waals surface area contributed by atoms with E-state index in [-0.39, 0.29) is 5.97 Å². The Kier molecular flexibility index (Phi) is 15.0. The first-order valence-corrected chi connectivity index (χ1v) is 11.8. The van der Waals surface area contributed by atoms with Crippen LogP contribution in [0.4, 0.5) is 0 Å². The van der Waals surface area contributed by atoms with Crippen LogP contribution in [0.2, 0.25) is 0 Å². The van der Waals surface area contributed by atoms with Crippen LogP contribution in [-0.4, -0.2) is 19.2 Å². The number of benzene rings is 1. The van der Waals surface area contributed by atoms with Crippen molar-refractivity contribution in [2.45, 2.75) is 85.0 Å². The van der Waals surface area contributed by atoms with Gasteiger partial charge in [0.1, 0.15) is 12.4 Å². The first-order chi connectivity index (χ1) is 15.0. The Balaban J connectivity index is 2.17. The Morgan fingerprint density at radius 1 is 0.871 bits per heavy atom. The Bertz CT molecular complexity index is 679. The van der Waals surface area contributed by atoms with Crippen molar-refractivity contribution in [2.24, 2.45) is 0 Å². The Morgan fingerprint density at radius 2 is 1.52 bits per heavy atom. The van der Waals surface area contributed by atoms with Gasteiger partial charge in [0.25, 0.3) is 0 Å². The second kappa shape index (κ2) is 17.4. The number of ether oxygens (including phenoxy) is 2. The third-order valence-electron chi connectivity index (χ3n) is 5.15. The number of unbranched alkanes of at least 4 members (excludes halogenated alkanes) is 7. The lowest BCUT2D eigenvalue weighted by Crippen LogP contribution is -2.05. The van der Waals surface area contributed by atoms with Gasteiger partial charge in [-0.25, -0.2) is 4.79 Å². The maximum Gasteiger partial charge on any atom is 0.338 e. The summed E-state index contributed by atoms with van der Waals surface area (Å²) < 4.78 is 11.1. The number of hydrogen-bond donors (Lipinski definition) is 0. The molecule has 0 atom stereocenters. The van der Waals surface area contributed by atoms with Crippen LogP contribution in [0.25, 0.3) is 0 Å². The highest BCUT2D eigenvalue weighted by Crippen LogP contribution is 2.15. The topological polar surface area (TPSA) is 35.5 Å². The minimum absolute atomic E-state index is 0.298. The molecule has 0 aliphatic carbocycles. The Hall–Kier alpha value is -2.29. The van der Waals surface area contributed by atoms with Crippen LogP contribution < -0.4 is 4.74 Å². The van der Waals surface area contributed by atoms with Crippen LogP contribution in [-0.2, 0) is 4.74 Å².